The summed E-state index contributed by atoms with van der Waals surface area (Å²) in [5.74, 6) is 1.07. The molecule has 6 heteroatoms. The van der Waals surface area contributed by atoms with Gasteiger partial charge in [0, 0.05) is 44.4 Å². The zero-order valence-corrected chi connectivity index (χ0v) is 15.7. The van der Waals surface area contributed by atoms with Gasteiger partial charge >= 0.3 is 0 Å². The lowest BCUT2D eigenvalue weighted by molar-refractivity contribution is 0.0581. The predicted octanol–water partition coefficient (Wildman–Crippen LogP) is 3.18. The molecule has 1 fully saturated rings. The Hall–Kier alpha value is -3.12. The van der Waals surface area contributed by atoms with Crippen LogP contribution in [-0.4, -0.2) is 60.2 Å². The average Bonchev–Trinajstić information content (AvgIpc) is 3.25. The number of rotatable bonds is 6. The summed E-state index contributed by atoms with van der Waals surface area (Å²) in [5, 5.41) is 4.04. The molecule has 2 aromatic carbocycles. The minimum atomic E-state index is -0.102. The van der Waals surface area contributed by atoms with Crippen LogP contribution in [0.5, 0.6) is 5.75 Å². The minimum Gasteiger partial charge on any atom is -0.492 e. The molecule has 144 valence electrons. The van der Waals surface area contributed by atoms with Crippen molar-refractivity contribution in [2.75, 3.05) is 39.3 Å². The highest BCUT2D eigenvalue weighted by Crippen LogP contribution is 2.20. The van der Waals surface area contributed by atoms with E-state index in [1.165, 1.54) is 0 Å². The number of hydrogen-bond acceptors (Lipinski definition) is 5. The Labute approximate surface area is 164 Å². The lowest BCUT2D eigenvalue weighted by atomic mass is 10.1. The third kappa shape index (κ3) is 4.40. The molecule has 0 aliphatic carbocycles. The number of benzene rings is 2. The summed E-state index contributed by atoms with van der Waals surface area (Å²) in [6.07, 6.45) is 0. The quantitative estimate of drug-likeness (QED) is 0.660. The molecule has 2 heterocycles. The van der Waals surface area contributed by atoms with Crippen molar-refractivity contribution in [2.45, 2.75) is 0 Å². The van der Waals surface area contributed by atoms with E-state index >= 15 is 0 Å². The van der Waals surface area contributed by atoms with Crippen molar-refractivity contribution in [1.82, 2.24) is 15.0 Å². The van der Waals surface area contributed by atoms with E-state index < -0.39 is 0 Å². The lowest BCUT2D eigenvalue weighted by Crippen LogP contribution is -2.49. The van der Waals surface area contributed by atoms with Gasteiger partial charge in [-0.1, -0.05) is 53.7 Å². The predicted molar refractivity (Wildman–Crippen MR) is 106 cm³/mol. The maximum atomic E-state index is 12.7. The topological polar surface area (TPSA) is 58.8 Å². The molecule has 1 saturated heterocycles. The molecule has 4 rings (SSSR count). The van der Waals surface area contributed by atoms with Crippen molar-refractivity contribution >= 4 is 5.91 Å². The Kier molecular flexibility index (Phi) is 5.68. The van der Waals surface area contributed by atoms with E-state index in [1.54, 1.807) is 6.07 Å². The van der Waals surface area contributed by atoms with Crippen molar-refractivity contribution in [2.24, 2.45) is 0 Å². The molecule has 1 aliphatic rings. The van der Waals surface area contributed by atoms with Gasteiger partial charge in [0.2, 0.25) is 5.76 Å². The van der Waals surface area contributed by atoms with E-state index in [2.05, 4.69) is 10.1 Å². The van der Waals surface area contributed by atoms with Gasteiger partial charge in [0.05, 0.1) is 0 Å². The van der Waals surface area contributed by atoms with Gasteiger partial charge in [-0.15, -0.1) is 0 Å². The number of amides is 1. The molecular weight excluding hydrogens is 354 g/mol. The Morgan fingerprint density at radius 3 is 2.36 bits per heavy atom. The van der Waals surface area contributed by atoms with Gasteiger partial charge in [0.1, 0.15) is 18.1 Å². The molecule has 1 aromatic heterocycles. The summed E-state index contributed by atoms with van der Waals surface area (Å²) in [5.41, 5.74) is 1.62. The number of ether oxygens (including phenoxy) is 1. The highest BCUT2D eigenvalue weighted by atomic mass is 16.5. The lowest BCUT2D eigenvalue weighted by Gasteiger charge is -2.34. The summed E-state index contributed by atoms with van der Waals surface area (Å²) < 4.78 is 11.1. The van der Waals surface area contributed by atoms with Gasteiger partial charge in [-0.2, -0.15) is 0 Å². The standard InChI is InChI=1S/C22H23N3O3/c26-22(21-17-20(23-28-21)18-7-3-1-4-8-18)25-13-11-24(12-14-25)15-16-27-19-9-5-2-6-10-19/h1-10,17H,11-16H2. The molecular formula is C22H23N3O3. The van der Waals surface area contributed by atoms with Crippen LogP contribution in [0.15, 0.2) is 71.3 Å². The molecule has 28 heavy (non-hydrogen) atoms. The molecule has 0 radical (unpaired) electrons. The van der Waals surface area contributed by atoms with Gasteiger partial charge in [-0.25, -0.2) is 0 Å². The number of carbonyl (C=O) groups is 1. The molecule has 0 unspecified atom stereocenters. The molecule has 0 spiro atoms. The van der Waals surface area contributed by atoms with Gasteiger partial charge in [-0.3, -0.25) is 9.69 Å². The van der Waals surface area contributed by atoms with Crippen LogP contribution in [0.2, 0.25) is 0 Å². The van der Waals surface area contributed by atoms with E-state index in [0.717, 1.165) is 30.9 Å². The SMILES string of the molecule is O=C(c1cc(-c2ccccc2)no1)N1CCN(CCOc2ccccc2)CC1. The summed E-state index contributed by atoms with van der Waals surface area (Å²) in [6.45, 7) is 4.47. The number of carbonyl (C=O) groups excluding carboxylic acids is 1. The van der Waals surface area contributed by atoms with Crippen molar-refractivity contribution in [3.63, 3.8) is 0 Å². The van der Waals surface area contributed by atoms with E-state index in [9.17, 15) is 4.79 Å². The number of hydrogen-bond donors (Lipinski definition) is 0. The zero-order chi connectivity index (χ0) is 19.2. The van der Waals surface area contributed by atoms with Crippen LogP contribution in [0, 0.1) is 0 Å². The molecule has 3 aromatic rings. The highest BCUT2D eigenvalue weighted by molar-refractivity contribution is 5.92. The fourth-order valence-electron chi connectivity index (χ4n) is 3.26. The molecule has 6 nitrogen and oxygen atoms in total. The van der Waals surface area contributed by atoms with E-state index in [1.807, 2.05) is 65.6 Å². The molecule has 1 amide bonds. The second-order valence-electron chi connectivity index (χ2n) is 6.74. The van der Waals surface area contributed by atoms with Gasteiger partial charge < -0.3 is 14.2 Å². The van der Waals surface area contributed by atoms with Crippen molar-refractivity contribution in [1.29, 1.82) is 0 Å². The average molecular weight is 377 g/mol. The number of aromatic nitrogens is 1. The Morgan fingerprint density at radius 2 is 1.64 bits per heavy atom. The first-order valence-electron chi connectivity index (χ1n) is 9.51. The molecule has 0 saturated carbocycles. The van der Waals surface area contributed by atoms with Crippen LogP contribution in [0.25, 0.3) is 11.3 Å². The van der Waals surface area contributed by atoms with Crippen LogP contribution in [0.1, 0.15) is 10.6 Å². The van der Waals surface area contributed by atoms with Crippen molar-refractivity contribution < 1.29 is 14.1 Å². The Balaban J connectivity index is 1.26. The third-order valence-corrected chi connectivity index (χ3v) is 4.87. The van der Waals surface area contributed by atoms with Gasteiger partial charge in [0.15, 0.2) is 0 Å². The summed E-state index contributed by atoms with van der Waals surface area (Å²) in [7, 11) is 0. The largest absolute Gasteiger partial charge is 0.492 e. The maximum Gasteiger partial charge on any atom is 0.292 e. The van der Waals surface area contributed by atoms with Crippen molar-refractivity contribution in [3.05, 3.63) is 72.5 Å². The van der Waals surface area contributed by atoms with Crippen LogP contribution < -0.4 is 4.74 Å². The first kappa shape index (κ1) is 18.3. The number of piperazine rings is 1. The van der Waals surface area contributed by atoms with E-state index in [4.69, 9.17) is 9.26 Å². The Bertz CT molecular complexity index is 888. The zero-order valence-electron chi connectivity index (χ0n) is 15.7. The fourth-order valence-corrected chi connectivity index (χ4v) is 3.26. The monoisotopic (exact) mass is 377 g/mol. The number of para-hydroxylation sites is 1. The van der Waals surface area contributed by atoms with Crippen LogP contribution >= 0.6 is 0 Å². The first-order chi connectivity index (χ1) is 13.8. The van der Waals surface area contributed by atoms with Crippen LogP contribution in [-0.2, 0) is 0 Å². The molecule has 0 atom stereocenters. The van der Waals surface area contributed by atoms with Crippen LogP contribution in [0.3, 0.4) is 0 Å². The Morgan fingerprint density at radius 1 is 0.964 bits per heavy atom. The smallest absolute Gasteiger partial charge is 0.292 e. The van der Waals surface area contributed by atoms with Crippen LogP contribution in [0.4, 0.5) is 0 Å². The summed E-state index contributed by atoms with van der Waals surface area (Å²) >= 11 is 0. The molecule has 0 N–H and O–H groups in total. The highest BCUT2D eigenvalue weighted by Gasteiger charge is 2.25. The second kappa shape index (κ2) is 8.71. The number of nitrogens with zero attached hydrogens (tertiary/aromatic N) is 3. The molecule has 0 bridgehead atoms. The normalized spacial score (nSPS) is 14.8. The summed E-state index contributed by atoms with van der Waals surface area (Å²) in [4.78, 5) is 16.8. The van der Waals surface area contributed by atoms with Crippen molar-refractivity contribution in [3.8, 4) is 17.0 Å². The van der Waals surface area contributed by atoms with E-state index in [0.29, 0.717) is 31.2 Å². The third-order valence-electron chi connectivity index (χ3n) is 4.87. The first-order valence-corrected chi connectivity index (χ1v) is 9.51. The minimum absolute atomic E-state index is 0.102. The fraction of sp³-hybridized carbons (Fsp3) is 0.273. The van der Waals surface area contributed by atoms with Gasteiger partial charge in [-0.05, 0) is 12.1 Å². The maximum absolute atomic E-state index is 12.7. The molecule has 1 aliphatic heterocycles. The second-order valence-corrected chi connectivity index (χ2v) is 6.74. The van der Waals surface area contributed by atoms with E-state index in [-0.39, 0.29) is 5.91 Å². The summed E-state index contributed by atoms with van der Waals surface area (Å²) in [6, 6.07) is 21.2. The van der Waals surface area contributed by atoms with Gasteiger partial charge in [0.25, 0.3) is 5.91 Å².